The second-order valence-electron chi connectivity index (χ2n) is 7.73. The fourth-order valence-electron chi connectivity index (χ4n) is 4.07. The Balaban J connectivity index is 1.46. The Hall–Kier alpha value is -1.70. The van der Waals surface area contributed by atoms with Gasteiger partial charge in [0, 0.05) is 38.2 Å². The maximum Gasteiger partial charge on any atom is 0.253 e. The second-order valence-corrected chi connectivity index (χ2v) is 7.73. The molecule has 2 N–H and O–H groups in total. The molecule has 2 aliphatic carbocycles. The molecule has 2 unspecified atom stereocenters. The van der Waals surface area contributed by atoms with Crippen LogP contribution >= 0.6 is 0 Å². The van der Waals surface area contributed by atoms with E-state index in [0.717, 1.165) is 44.5 Å². The number of carbonyl (C=O) groups excluding carboxylic acids is 1. The first-order chi connectivity index (χ1) is 13.3. The number of aliphatic hydroxyl groups excluding tert-OH is 1. The van der Waals surface area contributed by atoms with Crippen molar-refractivity contribution < 1.29 is 14.6 Å². The van der Waals surface area contributed by atoms with Crippen molar-refractivity contribution in [1.82, 2.24) is 15.2 Å². The molecule has 1 saturated heterocycles. The molecule has 4 rings (SSSR count). The van der Waals surface area contributed by atoms with Crippen LogP contribution in [0.1, 0.15) is 25.7 Å². The van der Waals surface area contributed by atoms with Gasteiger partial charge in [0.15, 0.2) is 0 Å². The third-order valence-electron chi connectivity index (χ3n) is 5.69. The number of nitrogens with one attached hydrogen (secondary N) is 1. The molecule has 1 amide bonds. The zero-order valence-corrected chi connectivity index (χ0v) is 15.8. The van der Waals surface area contributed by atoms with Gasteiger partial charge in [-0.3, -0.25) is 9.80 Å². The number of ether oxygens (including phenoxy) is 1. The van der Waals surface area contributed by atoms with E-state index in [1.54, 1.807) is 0 Å². The quantitative estimate of drug-likeness (QED) is 0.606. The number of unbranched alkanes of at least 4 members (excludes halogenated alkanes) is 1. The maximum atomic E-state index is 13.1. The Labute approximate surface area is 160 Å². The van der Waals surface area contributed by atoms with Gasteiger partial charge in [0.25, 0.3) is 5.91 Å². The maximum absolute atomic E-state index is 13.1. The van der Waals surface area contributed by atoms with Crippen LogP contribution in [-0.2, 0) is 9.53 Å². The summed E-state index contributed by atoms with van der Waals surface area (Å²) in [5, 5.41) is 19.3. The lowest BCUT2D eigenvalue weighted by molar-refractivity contribution is -0.145. The second kappa shape index (κ2) is 8.54. The molecule has 1 saturated carbocycles. The van der Waals surface area contributed by atoms with Crippen molar-refractivity contribution in [3.63, 3.8) is 0 Å². The lowest BCUT2D eigenvalue weighted by Gasteiger charge is -2.30. The number of aliphatic hydroxyl groups is 1. The van der Waals surface area contributed by atoms with Gasteiger partial charge in [-0.1, -0.05) is 24.3 Å². The van der Waals surface area contributed by atoms with Gasteiger partial charge in [0.1, 0.15) is 6.10 Å². The first kappa shape index (κ1) is 18.7. The van der Waals surface area contributed by atoms with E-state index < -0.39 is 0 Å². The number of nitrogens with zero attached hydrogens (tertiary/aromatic N) is 3. The summed E-state index contributed by atoms with van der Waals surface area (Å²) in [4.78, 5) is 15.0. The van der Waals surface area contributed by atoms with Crippen LogP contribution in [0, 0.1) is 5.92 Å². The summed E-state index contributed by atoms with van der Waals surface area (Å²) in [6.45, 7) is 3.62. The topological polar surface area (TPSA) is 77.4 Å². The third-order valence-corrected chi connectivity index (χ3v) is 5.69. The van der Waals surface area contributed by atoms with Crippen molar-refractivity contribution >= 4 is 11.6 Å². The van der Waals surface area contributed by atoms with Gasteiger partial charge in [-0.05, 0) is 25.7 Å². The smallest absolute Gasteiger partial charge is 0.253 e. The molecule has 3 atom stereocenters. The summed E-state index contributed by atoms with van der Waals surface area (Å²) < 4.78 is 5.70. The number of fused-ring (bicyclic) bond motifs is 1. The summed E-state index contributed by atoms with van der Waals surface area (Å²) in [5.41, 5.74) is 1.06. The van der Waals surface area contributed by atoms with Crippen LogP contribution in [0.15, 0.2) is 29.4 Å². The molecule has 0 radical (unpaired) electrons. The molecular formula is C20H30N4O3. The van der Waals surface area contributed by atoms with Crippen molar-refractivity contribution in [3.8, 4) is 0 Å². The molecule has 0 aromatic carbocycles. The fourth-order valence-corrected chi connectivity index (χ4v) is 4.07. The number of hydrazone groups is 1. The minimum absolute atomic E-state index is 0.0954. The summed E-state index contributed by atoms with van der Waals surface area (Å²) in [6, 6.07) is 0.558. The zero-order chi connectivity index (χ0) is 18.6. The van der Waals surface area contributed by atoms with E-state index in [1.807, 2.05) is 4.90 Å². The molecule has 2 heterocycles. The molecular weight excluding hydrogens is 344 g/mol. The van der Waals surface area contributed by atoms with E-state index in [4.69, 9.17) is 14.9 Å². The first-order valence-corrected chi connectivity index (χ1v) is 10.2. The monoisotopic (exact) mass is 374 g/mol. The Bertz CT molecular complexity index is 623. The van der Waals surface area contributed by atoms with Crippen LogP contribution in [-0.4, -0.2) is 84.2 Å². The predicted molar refractivity (Wildman–Crippen MR) is 103 cm³/mol. The highest BCUT2D eigenvalue weighted by atomic mass is 16.5. The van der Waals surface area contributed by atoms with Gasteiger partial charge in [-0.25, -0.2) is 0 Å². The van der Waals surface area contributed by atoms with Gasteiger partial charge in [-0.2, -0.15) is 5.10 Å². The molecule has 148 valence electrons. The van der Waals surface area contributed by atoms with Crippen LogP contribution in [0.4, 0.5) is 0 Å². The number of hydrogen-bond acceptors (Lipinski definition) is 6. The predicted octanol–water partition coefficient (Wildman–Crippen LogP) is 0.521. The minimum Gasteiger partial charge on any atom is -0.396 e. The van der Waals surface area contributed by atoms with Crippen LogP contribution in [0.5, 0.6) is 0 Å². The largest absolute Gasteiger partial charge is 0.396 e. The van der Waals surface area contributed by atoms with Gasteiger partial charge >= 0.3 is 0 Å². The number of carbonyl (C=O) groups is 1. The Morgan fingerprint density at radius 1 is 1.33 bits per heavy atom. The Kier molecular flexibility index (Phi) is 5.90. The lowest BCUT2D eigenvalue weighted by atomic mass is 9.91. The number of allylic oxidation sites excluding steroid dienone is 2. The molecule has 2 aliphatic heterocycles. The average Bonchev–Trinajstić information content (AvgIpc) is 3.50. The van der Waals surface area contributed by atoms with Gasteiger partial charge in [0.05, 0.1) is 24.9 Å². The van der Waals surface area contributed by atoms with Crippen LogP contribution in [0.2, 0.25) is 0 Å². The number of rotatable bonds is 8. The SMILES string of the molecule is O=C([C@H]1CNCCO1)N(CC1=NN(CCCCO)C2C=CC=CC12)C1CC1. The first-order valence-electron chi connectivity index (χ1n) is 10.2. The van der Waals surface area contributed by atoms with Crippen molar-refractivity contribution in [2.75, 3.05) is 39.4 Å². The number of amides is 1. The average molecular weight is 374 g/mol. The highest BCUT2D eigenvalue weighted by Crippen LogP contribution is 2.32. The molecule has 7 heteroatoms. The van der Waals surface area contributed by atoms with Crippen molar-refractivity contribution in [1.29, 1.82) is 0 Å². The Morgan fingerprint density at radius 2 is 2.19 bits per heavy atom. The number of hydrogen-bond donors (Lipinski definition) is 2. The molecule has 7 nitrogen and oxygen atoms in total. The standard InChI is InChI=1S/C20H30N4O3/c25-11-4-3-10-24-18-6-2-1-5-16(18)17(22-24)14-23(15-7-8-15)20(26)19-13-21-9-12-27-19/h1-2,5-6,15-16,18-19,21,25H,3-4,7-14H2/t16?,18?,19-/m1/s1. The summed E-state index contributed by atoms with van der Waals surface area (Å²) >= 11 is 0. The highest BCUT2D eigenvalue weighted by molar-refractivity contribution is 5.95. The number of morpholine rings is 1. The molecule has 4 aliphatic rings. The van der Waals surface area contributed by atoms with E-state index >= 15 is 0 Å². The summed E-state index contributed by atoms with van der Waals surface area (Å²) in [6.07, 6.45) is 12.0. The molecule has 2 fully saturated rings. The fraction of sp³-hybridized carbons (Fsp3) is 0.700. The van der Waals surface area contributed by atoms with Crippen molar-refractivity contribution in [2.24, 2.45) is 11.0 Å². The highest BCUT2D eigenvalue weighted by Gasteiger charge is 2.41. The van der Waals surface area contributed by atoms with Gasteiger partial charge in [-0.15, -0.1) is 0 Å². The molecule has 0 aromatic rings. The molecule has 0 bridgehead atoms. The van der Waals surface area contributed by atoms with Crippen LogP contribution < -0.4 is 5.32 Å². The van der Waals surface area contributed by atoms with Crippen LogP contribution in [0.25, 0.3) is 0 Å². The molecule has 0 spiro atoms. The van der Waals surface area contributed by atoms with E-state index in [-0.39, 0.29) is 30.6 Å². The van der Waals surface area contributed by atoms with Crippen molar-refractivity contribution in [3.05, 3.63) is 24.3 Å². The van der Waals surface area contributed by atoms with Gasteiger partial charge in [0.2, 0.25) is 0 Å². The molecule has 0 aromatic heterocycles. The van der Waals surface area contributed by atoms with Crippen molar-refractivity contribution in [2.45, 2.75) is 43.9 Å². The van der Waals surface area contributed by atoms with Crippen LogP contribution in [0.3, 0.4) is 0 Å². The summed E-state index contributed by atoms with van der Waals surface area (Å²) in [5.74, 6) is 0.321. The summed E-state index contributed by atoms with van der Waals surface area (Å²) in [7, 11) is 0. The molecule has 27 heavy (non-hydrogen) atoms. The van der Waals surface area contributed by atoms with Gasteiger partial charge < -0.3 is 20.1 Å². The lowest BCUT2D eigenvalue weighted by Crippen LogP contribution is -2.51. The van der Waals surface area contributed by atoms with E-state index in [1.165, 1.54) is 0 Å². The third kappa shape index (κ3) is 4.25. The Morgan fingerprint density at radius 3 is 2.93 bits per heavy atom. The normalized spacial score (nSPS) is 29.6. The van der Waals surface area contributed by atoms with E-state index in [0.29, 0.717) is 25.7 Å². The minimum atomic E-state index is -0.375. The van der Waals surface area contributed by atoms with E-state index in [2.05, 4.69) is 34.6 Å². The van der Waals surface area contributed by atoms with E-state index in [9.17, 15) is 4.79 Å². The zero-order valence-electron chi connectivity index (χ0n) is 15.8.